The van der Waals surface area contributed by atoms with Crippen molar-refractivity contribution in [2.75, 3.05) is 33.4 Å². The largest absolute Gasteiger partial charge is 0.378 e. The molecule has 114 valence electrons. The quantitative estimate of drug-likeness (QED) is 0.852. The zero-order valence-corrected chi connectivity index (χ0v) is 13.1. The van der Waals surface area contributed by atoms with E-state index in [1.165, 1.54) is 0 Å². The Bertz CT molecular complexity index is 551. The maximum atomic E-state index is 12.3. The molecule has 0 aromatic heterocycles. The summed E-state index contributed by atoms with van der Waals surface area (Å²) in [5.41, 5.74) is 0.478. The second kappa shape index (κ2) is 7.22. The van der Waals surface area contributed by atoms with Gasteiger partial charge in [-0.05, 0) is 18.2 Å². The van der Waals surface area contributed by atoms with Crippen LogP contribution in [0.2, 0.25) is 10.0 Å². The zero-order valence-electron chi connectivity index (χ0n) is 11.6. The number of hydrogen-bond donors (Lipinski definition) is 1. The number of ether oxygens (including phenoxy) is 1. The third-order valence-electron chi connectivity index (χ3n) is 3.38. The van der Waals surface area contributed by atoms with Crippen molar-refractivity contribution in [3.63, 3.8) is 0 Å². The molecule has 1 aliphatic rings. The molecular formula is C14H16Cl2N2O3. The lowest BCUT2D eigenvalue weighted by atomic mass is 10.1. The minimum atomic E-state index is -0.449. The summed E-state index contributed by atoms with van der Waals surface area (Å²) in [5, 5.41) is 3.33. The second-order valence-electron chi connectivity index (χ2n) is 4.73. The SMILES string of the molecule is CNC(=O)C1COCCN1CC(=O)c1ccc(Cl)c(Cl)c1. The Morgan fingerprint density at radius 3 is 2.81 bits per heavy atom. The Labute approximate surface area is 133 Å². The van der Waals surface area contributed by atoms with Gasteiger partial charge in [-0.3, -0.25) is 14.5 Å². The molecule has 1 atom stereocenters. The summed E-state index contributed by atoms with van der Waals surface area (Å²) in [6.07, 6.45) is 0. The predicted molar refractivity (Wildman–Crippen MR) is 81.0 cm³/mol. The molecule has 1 unspecified atom stereocenters. The minimum Gasteiger partial charge on any atom is -0.378 e. The van der Waals surface area contributed by atoms with Crippen LogP contribution in [0.15, 0.2) is 18.2 Å². The molecule has 21 heavy (non-hydrogen) atoms. The Hall–Kier alpha value is -1.14. The molecule has 1 heterocycles. The highest BCUT2D eigenvalue weighted by Gasteiger charge is 2.30. The molecule has 1 aliphatic heterocycles. The van der Waals surface area contributed by atoms with Crippen LogP contribution in [0.4, 0.5) is 0 Å². The first kappa shape index (κ1) is 16.2. The van der Waals surface area contributed by atoms with Crippen LogP contribution in [0, 0.1) is 0 Å². The first-order valence-corrected chi connectivity index (χ1v) is 7.30. The highest BCUT2D eigenvalue weighted by atomic mass is 35.5. The maximum Gasteiger partial charge on any atom is 0.239 e. The van der Waals surface area contributed by atoms with E-state index < -0.39 is 6.04 Å². The van der Waals surface area contributed by atoms with Crippen molar-refractivity contribution < 1.29 is 14.3 Å². The predicted octanol–water partition coefficient (Wildman–Crippen LogP) is 1.62. The lowest BCUT2D eigenvalue weighted by Gasteiger charge is -2.33. The fraction of sp³-hybridized carbons (Fsp3) is 0.429. The molecular weight excluding hydrogens is 315 g/mol. The minimum absolute atomic E-state index is 0.107. The highest BCUT2D eigenvalue weighted by molar-refractivity contribution is 6.42. The van der Waals surface area contributed by atoms with E-state index in [1.807, 2.05) is 4.90 Å². The van der Waals surface area contributed by atoms with Crippen LogP contribution in [-0.2, 0) is 9.53 Å². The molecule has 7 heteroatoms. The summed E-state index contributed by atoms with van der Waals surface area (Å²) in [6.45, 7) is 1.46. The molecule has 0 bridgehead atoms. The van der Waals surface area contributed by atoms with Gasteiger partial charge < -0.3 is 10.1 Å². The molecule has 2 rings (SSSR count). The molecule has 1 fully saturated rings. The van der Waals surface area contributed by atoms with Gasteiger partial charge in [-0.25, -0.2) is 0 Å². The third kappa shape index (κ3) is 3.95. The van der Waals surface area contributed by atoms with Crippen molar-refractivity contribution in [3.8, 4) is 0 Å². The van der Waals surface area contributed by atoms with Crippen molar-refractivity contribution in [2.45, 2.75) is 6.04 Å². The number of carbonyl (C=O) groups excluding carboxylic acids is 2. The third-order valence-corrected chi connectivity index (χ3v) is 4.12. The van der Waals surface area contributed by atoms with Crippen LogP contribution in [0.25, 0.3) is 0 Å². The van der Waals surface area contributed by atoms with Gasteiger partial charge >= 0.3 is 0 Å². The maximum absolute atomic E-state index is 12.3. The Morgan fingerprint density at radius 1 is 1.38 bits per heavy atom. The summed E-state index contributed by atoms with van der Waals surface area (Å²) in [7, 11) is 1.57. The van der Waals surface area contributed by atoms with Gasteiger partial charge in [0.25, 0.3) is 0 Å². The lowest BCUT2D eigenvalue weighted by Crippen LogP contribution is -2.54. The van der Waals surface area contributed by atoms with E-state index >= 15 is 0 Å². The highest BCUT2D eigenvalue weighted by Crippen LogP contribution is 2.23. The number of nitrogens with one attached hydrogen (secondary N) is 1. The first-order valence-electron chi connectivity index (χ1n) is 6.54. The van der Waals surface area contributed by atoms with Crippen molar-refractivity contribution >= 4 is 34.9 Å². The van der Waals surface area contributed by atoms with Crippen LogP contribution in [0.3, 0.4) is 0 Å². The van der Waals surface area contributed by atoms with E-state index in [0.717, 1.165) is 0 Å². The van der Waals surface area contributed by atoms with Gasteiger partial charge in [0.15, 0.2) is 5.78 Å². The van der Waals surface area contributed by atoms with Crippen molar-refractivity contribution in [1.29, 1.82) is 0 Å². The van der Waals surface area contributed by atoms with Crippen LogP contribution in [0.5, 0.6) is 0 Å². The molecule has 0 saturated carbocycles. The normalized spacial score (nSPS) is 19.3. The Morgan fingerprint density at radius 2 is 2.14 bits per heavy atom. The van der Waals surface area contributed by atoms with E-state index in [9.17, 15) is 9.59 Å². The molecule has 5 nitrogen and oxygen atoms in total. The molecule has 1 aromatic carbocycles. The molecule has 0 radical (unpaired) electrons. The summed E-state index contributed by atoms with van der Waals surface area (Å²) in [5.74, 6) is -0.263. The number of morpholine rings is 1. The number of benzene rings is 1. The van der Waals surface area contributed by atoms with Gasteiger partial charge in [0.1, 0.15) is 6.04 Å². The fourth-order valence-corrected chi connectivity index (χ4v) is 2.48. The summed E-state index contributed by atoms with van der Waals surface area (Å²) < 4.78 is 5.31. The van der Waals surface area contributed by atoms with E-state index in [2.05, 4.69) is 5.32 Å². The van der Waals surface area contributed by atoms with Crippen LogP contribution < -0.4 is 5.32 Å². The first-order chi connectivity index (χ1) is 10.0. The molecule has 0 aliphatic carbocycles. The number of halogens is 2. The lowest BCUT2D eigenvalue weighted by molar-refractivity contribution is -0.131. The van der Waals surface area contributed by atoms with Crippen LogP contribution >= 0.6 is 23.2 Å². The average Bonchev–Trinajstić information content (AvgIpc) is 2.49. The number of hydrogen-bond acceptors (Lipinski definition) is 4. The van der Waals surface area contributed by atoms with Gasteiger partial charge in [-0.1, -0.05) is 23.2 Å². The van der Waals surface area contributed by atoms with Gasteiger partial charge in [-0.2, -0.15) is 0 Å². The van der Waals surface area contributed by atoms with Gasteiger partial charge in [0.2, 0.25) is 5.91 Å². The average molecular weight is 331 g/mol. The molecule has 1 N–H and O–H groups in total. The number of amides is 1. The molecule has 0 spiro atoms. The van der Waals surface area contributed by atoms with Crippen molar-refractivity contribution in [1.82, 2.24) is 10.2 Å². The van der Waals surface area contributed by atoms with Gasteiger partial charge in [0, 0.05) is 19.2 Å². The summed E-state index contributed by atoms with van der Waals surface area (Å²) >= 11 is 11.8. The molecule has 1 saturated heterocycles. The van der Waals surface area contributed by atoms with Crippen LogP contribution in [-0.4, -0.2) is 56.0 Å². The zero-order chi connectivity index (χ0) is 15.4. The Balaban J connectivity index is 2.09. The van der Waals surface area contributed by atoms with E-state index in [-0.39, 0.29) is 24.8 Å². The molecule has 1 aromatic rings. The monoisotopic (exact) mass is 330 g/mol. The number of rotatable bonds is 4. The van der Waals surface area contributed by atoms with Gasteiger partial charge in [0.05, 0.1) is 29.8 Å². The summed E-state index contributed by atoms with van der Waals surface area (Å²) in [6, 6.07) is 4.32. The van der Waals surface area contributed by atoms with E-state index in [0.29, 0.717) is 28.8 Å². The Kier molecular flexibility index (Phi) is 5.58. The second-order valence-corrected chi connectivity index (χ2v) is 5.54. The fourth-order valence-electron chi connectivity index (χ4n) is 2.18. The number of nitrogens with zero attached hydrogens (tertiary/aromatic N) is 1. The number of ketones is 1. The number of carbonyl (C=O) groups is 2. The van der Waals surface area contributed by atoms with Crippen LogP contribution in [0.1, 0.15) is 10.4 Å². The standard InChI is InChI=1S/C14H16Cl2N2O3/c1-17-14(20)12-8-21-5-4-18(12)7-13(19)9-2-3-10(15)11(16)6-9/h2-3,6,12H,4-5,7-8H2,1H3,(H,17,20). The topological polar surface area (TPSA) is 58.6 Å². The number of Topliss-reactive ketones (excluding diaryl/α,β-unsaturated/α-hetero) is 1. The number of likely N-dealkylation sites (N-methyl/N-ethyl adjacent to an activating group) is 1. The smallest absolute Gasteiger partial charge is 0.239 e. The van der Waals surface area contributed by atoms with Crippen molar-refractivity contribution in [3.05, 3.63) is 33.8 Å². The summed E-state index contributed by atoms with van der Waals surface area (Å²) in [4.78, 5) is 25.9. The van der Waals surface area contributed by atoms with E-state index in [4.69, 9.17) is 27.9 Å². The van der Waals surface area contributed by atoms with E-state index in [1.54, 1.807) is 25.2 Å². The van der Waals surface area contributed by atoms with Crippen molar-refractivity contribution in [2.24, 2.45) is 0 Å². The molecule has 1 amide bonds. The van der Waals surface area contributed by atoms with Gasteiger partial charge in [-0.15, -0.1) is 0 Å².